The molecule has 0 bridgehead atoms. The fourth-order valence-corrected chi connectivity index (χ4v) is 1.99. The summed E-state index contributed by atoms with van der Waals surface area (Å²) in [7, 11) is 1.61. The molecular weight excluding hydrogens is 266 g/mol. The van der Waals surface area contributed by atoms with Crippen molar-refractivity contribution >= 4 is 28.2 Å². The van der Waals surface area contributed by atoms with Gasteiger partial charge in [0.25, 0.3) is 0 Å². The zero-order valence-electron chi connectivity index (χ0n) is 10.5. The molecule has 1 aromatic heterocycles. The van der Waals surface area contributed by atoms with E-state index in [-0.39, 0.29) is 5.69 Å². The van der Waals surface area contributed by atoms with Gasteiger partial charge < -0.3 is 14.8 Å². The molecule has 1 aromatic carbocycles. The van der Waals surface area contributed by atoms with Gasteiger partial charge in [-0.3, -0.25) is 0 Å². The van der Waals surface area contributed by atoms with Gasteiger partial charge in [0.15, 0.2) is 0 Å². The fraction of sp³-hybridized carbons (Fsp3) is 0.250. The monoisotopic (exact) mass is 279 g/mol. The average Bonchev–Trinajstić information content (AvgIpc) is 2.88. The lowest BCUT2D eigenvalue weighted by Crippen LogP contribution is -2.07. The Labute approximate surface area is 114 Å². The minimum absolute atomic E-state index is 0.197. The number of esters is 1. The van der Waals surface area contributed by atoms with Crippen LogP contribution in [0.15, 0.2) is 24.3 Å². The number of carbonyl (C=O) groups is 1. The van der Waals surface area contributed by atoms with E-state index in [0.29, 0.717) is 11.6 Å². The van der Waals surface area contributed by atoms with Crippen LogP contribution in [-0.4, -0.2) is 29.3 Å². The predicted octanol–water partition coefficient (Wildman–Crippen LogP) is 2.47. The lowest BCUT2D eigenvalue weighted by molar-refractivity contribution is 0.0520. The standard InChI is InChI=1S/C12H13N3O3S/c1-3-18-12(16)10-11(19-15-14-10)13-8-4-6-9(17-2)7-5-8/h4-7,13H,3H2,1-2H3. The first-order valence-corrected chi connectivity index (χ1v) is 6.42. The number of aromatic nitrogens is 2. The molecule has 0 saturated carbocycles. The highest BCUT2D eigenvalue weighted by Gasteiger charge is 2.17. The first-order valence-electron chi connectivity index (χ1n) is 5.65. The van der Waals surface area contributed by atoms with Crippen molar-refractivity contribution in [2.45, 2.75) is 6.92 Å². The van der Waals surface area contributed by atoms with Gasteiger partial charge in [-0.25, -0.2) is 4.79 Å². The van der Waals surface area contributed by atoms with Gasteiger partial charge in [0.1, 0.15) is 10.8 Å². The summed E-state index contributed by atoms with van der Waals surface area (Å²) in [5, 5.41) is 7.41. The van der Waals surface area contributed by atoms with E-state index in [0.717, 1.165) is 23.0 Å². The molecule has 0 aliphatic carbocycles. The molecule has 1 N–H and O–H groups in total. The summed E-state index contributed by atoms with van der Waals surface area (Å²) >= 11 is 1.10. The first kappa shape index (κ1) is 13.3. The fourth-order valence-electron chi connectivity index (χ4n) is 1.41. The molecule has 0 spiro atoms. The predicted molar refractivity (Wildman–Crippen MR) is 72.1 cm³/mol. The van der Waals surface area contributed by atoms with Crippen LogP contribution >= 0.6 is 11.5 Å². The quantitative estimate of drug-likeness (QED) is 0.848. The van der Waals surface area contributed by atoms with Gasteiger partial charge in [0.05, 0.1) is 13.7 Å². The largest absolute Gasteiger partial charge is 0.497 e. The Kier molecular flexibility index (Phi) is 4.30. The highest BCUT2D eigenvalue weighted by atomic mass is 32.1. The van der Waals surface area contributed by atoms with E-state index < -0.39 is 5.97 Å². The van der Waals surface area contributed by atoms with E-state index in [4.69, 9.17) is 9.47 Å². The third-order valence-electron chi connectivity index (χ3n) is 2.30. The Hall–Kier alpha value is -2.15. The zero-order valence-corrected chi connectivity index (χ0v) is 11.4. The molecular formula is C12H13N3O3S. The van der Waals surface area contributed by atoms with Crippen molar-refractivity contribution in [1.29, 1.82) is 0 Å². The maximum Gasteiger partial charge on any atom is 0.362 e. The molecule has 0 unspecified atom stereocenters. The Bertz CT molecular complexity index is 554. The molecule has 0 aliphatic heterocycles. The maximum absolute atomic E-state index is 11.6. The SMILES string of the molecule is CCOC(=O)c1nnsc1Nc1ccc(OC)cc1. The van der Waals surface area contributed by atoms with Gasteiger partial charge in [-0.05, 0) is 31.2 Å². The molecule has 0 amide bonds. The third-order valence-corrected chi connectivity index (χ3v) is 2.95. The molecule has 0 fully saturated rings. The number of rotatable bonds is 5. The van der Waals surface area contributed by atoms with Crippen molar-refractivity contribution in [3.8, 4) is 5.75 Å². The molecule has 2 aromatic rings. The van der Waals surface area contributed by atoms with Gasteiger partial charge >= 0.3 is 5.97 Å². The molecule has 100 valence electrons. The molecule has 1 heterocycles. The Balaban J connectivity index is 2.14. The highest BCUT2D eigenvalue weighted by molar-refractivity contribution is 7.10. The van der Waals surface area contributed by atoms with Crippen LogP contribution < -0.4 is 10.1 Å². The highest BCUT2D eigenvalue weighted by Crippen LogP contribution is 2.25. The molecule has 6 nitrogen and oxygen atoms in total. The maximum atomic E-state index is 11.6. The summed E-state index contributed by atoms with van der Waals surface area (Å²) in [6, 6.07) is 7.32. The number of methoxy groups -OCH3 is 1. The Morgan fingerprint density at radius 2 is 2.11 bits per heavy atom. The van der Waals surface area contributed by atoms with Crippen LogP contribution in [0.1, 0.15) is 17.4 Å². The van der Waals surface area contributed by atoms with Gasteiger partial charge in [-0.2, -0.15) is 0 Å². The molecule has 0 atom stereocenters. The number of hydrogen-bond donors (Lipinski definition) is 1. The van der Waals surface area contributed by atoms with Crippen molar-refractivity contribution < 1.29 is 14.3 Å². The summed E-state index contributed by atoms with van der Waals surface area (Å²) in [4.78, 5) is 11.6. The zero-order chi connectivity index (χ0) is 13.7. The second-order valence-electron chi connectivity index (χ2n) is 3.52. The van der Waals surface area contributed by atoms with Crippen LogP contribution in [-0.2, 0) is 4.74 Å². The Morgan fingerprint density at radius 3 is 2.74 bits per heavy atom. The van der Waals surface area contributed by atoms with Crippen molar-refractivity contribution in [2.24, 2.45) is 0 Å². The van der Waals surface area contributed by atoms with Gasteiger partial charge in [0.2, 0.25) is 5.69 Å². The van der Waals surface area contributed by atoms with Crippen molar-refractivity contribution in [2.75, 3.05) is 19.0 Å². The first-order chi connectivity index (χ1) is 9.24. The number of benzene rings is 1. The van der Waals surface area contributed by atoms with Crippen LogP contribution in [0.2, 0.25) is 0 Å². The van der Waals surface area contributed by atoms with Crippen LogP contribution in [0.3, 0.4) is 0 Å². The van der Waals surface area contributed by atoms with Crippen molar-refractivity contribution in [1.82, 2.24) is 9.59 Å². The van der Waals surface area contributed by atoms with E-state index in [9.17, 15) is 4.79 Å². The van der Waals surface area contributed by atoms with E-state index >= 15 is 0 Å². The Morgan fingerprint density at radius 1 is 1.37 bits per heavy atom. The van der Waals surface area contributed by atoms with E-state index in [1.165, 1.54) is 0 Å². The van der Waals surface area contributed by atoms with Crippen molar-refractivity contribution in [3.05, 3.63) is 30.0 Å². The normalized spacial score (nSPS) is 10.0. The summed E-state index contributed by atoms with van der Waals surface area (Å²) in [5.41, 5.74) is 1.01. The second-order valence-corrected chi connectivity index (χ2v) is 4.28. The molecule has 7 heteroatoms. The van der Waals surface area contributed by atoms with Crippen LogP contribution in [0, 0.1) is 0 Å². The summed E-state index contributed by atoms with van der Waals surface area (Å²) in [6.07, 6.45) is 0. The van der Waals surface area contributed by atoms with Gasteiger partial charge in [0, 0.05) is 17.2 Å². The van der Waals surface area contributed by atoms with E-state index in [2.05, 4.69) is 14.9 Å². The molecule has 2 rings (SSSR count). The van der Waals surface area contributed by atoms with Crippen LogP contribution in [0.5, 0.6) is 5.75 Å². The number of carbonyl (C=O) groups excluding carboxylic acids is 1. The minimum Gasteiger partial charge on any atom is -0.497 e. The number of anilines is 2. The van der Waals surface area contributed by atoms with E-state index in [1.807, 2.05) is 24.3 Å². The van der Waals surface area contributed by atoms with Gasteiger partial charge in [-0.15, -0.1) is 5.10 Å². The summed E-state index contributed by atoms with van der Waals surface area (Å²) in [5.74, 6) is 0.283. The van der Waals surface area contributed by atoms with Gasteiger partial charge in [-0.1, -0.05) is 4.49 Å². The smallest absolute Gasteiger partial charge is 0.362 e. The number of nitrogens with one attached hydrogen (secondary N) is 1. The number of ether oxygens (including phenoxy) is 2. The molecule has 0 aliphatic rings. The number of nitrogens with zero attached hydrogens (tertiary/aromatic N) is 2. The third kappa shape index (κ3) is 3.19. The molecule has 0 radical (unpaired) electrons. The van der Waals surface area contributed by atoms with Crippen LogP contribution in [0.4, 0.5) is 10.7 Å². The molecule has 0 saturated heterocycles. The lowest BCUT2D eigenvalue weighted by atomic mass is 10.3. The topological polar surface area (TPSA) is 73.3 Å². The molecule has 19 heavy (non-hydrogen) atoms. The summed E-state index contributed by atoms with van der Waals surface area (Å²) < 4.78 is 13.7. The second kappa shape index (κ2) is 6.14. The van der Waals surface area contributed by atoms with Crippen LogP contribution in [0.25, 0.3) is 0 Å². The average molecular weight is 279 g/mol. The summed E-state index contributed by atoms with van der Waals surface area (Å²) in [6.45, 7) is 2.05. The minimum atomic E-state index is -0.479. The lowest BCUT2D eigenvalue weighted by Gasteiger charge is -2.06. The van der Waals surface area contributed by atoms with E-state index in [1.54, 1.807) is 14.0 Å². The number of hydrogen-bond acceptors (Lipinski definition) is 7. The van der Waals surface area contributed by atoms with Crippen molar-refractivity contribution in [3.63, 3.8) is 0 Å².